The Kier molecular flexibility index (Phi) is 5.84. The van der Waals surface area contributed by atoms with Crippen LogP contribution in [0.15, 0.2) is 29.2 Å². The summed E-state index contributed by atoms with van der Waals surface area (Å²) in [5.41, 5.74) is -0.267. The topological polar surface area (TPSA) is 145 Å². The summed E-state index contributed by atoms with van der Waals surface area (Å²) in [6.45, 7) is 2.41. The maximum Gasteiger partial charge on any atom is 0.271 e. The molecular weight excluding hydrogens is 402 g/mol. The highest BCUT2D eigenvalue weighted by molar-refractivity contribution is 7.89. The molecule has 156 valence electrons. The van der Waals surface area contributed by atoms with E-state index >= 15 is 0 Å². The third-order valence-corrected chi connectivity index (χ3v) is 5.69. The van der Waals surface area contributed by atoms with Crippen LogP contribution >= 0.6 is 0 Å². The molecule has 0 saturated heterocycles. The molecule has 2 aromatic rings. The van der Waals surface area contributed by atoms with Gasteiger partial charge in [-0.25, -0.2) is 17.8 Å². The highest BCUT2D eigenvalue weighted by atomic mass is 32.2. The van der Waals surface area contributed by atoms with Crippen molar-refractivity contribution in [2.24, 2.45) is 7.05 Å². The molecule has 29 heavy (non-hydrogen) atoms. The molecule has 12 heteroatoms. The molecule has 11 nitrogen and oxygen atoms in total. The minimum Gasteiger partial charge on any atom is -0.438 e. The number of sulfonamides is 1. The monoisotopic (exact) mass is 423 g/mol. The fraction of sp³-hybridized carbons (Fsp3) is 0.412. The highest BCUT2D eigenvalue weighted by Crippen LogP contribution is 2.33. The van der Waals surface area contributed by atoms with Crippen molar-refractivity contribution in [3.05, 3.63) is 40.1 Å². The predicted molar refractivity (Wildman–Crippen MR) is 102 cm³/mol. The van der Waals surface area contributed by atoms with Gasteiger partial charge in [0.1, 0.15) is 10.6 Å². The van der Waals surface area contributed by atoms with E-state index in [9.17, 15) is 23.3 Å². The number of nitrogens with one attached hydrogen (secondary N) is 2. The summed E-state index contributed by atoms with van der Waals surface area (Å²) in [5.74, 6) is -0.375. The predicted octanol–water partition coefficient (Wildman–Crippen LogP) is 1.70. The average molecular weight is 423 g/mol. The van der Waals surface area contributed by atoms with Gasteiger partial charge in [0.15, 0.2) is 5.69 Å². The maximum absolute atomic E-state index is 12.7. The molecule has 2 N–H and O–H groups in total. The first-order chi connectivity index (χ1) is 13.7. The van der Waals surface area contributed by atoms with Crippen LogP contribution in [0.3, 0.4) is 0 Å². The van der Waals surface area contributed by atoms with Gasteiger partial charge in [0.05, 0.1) is 4.92 Å². The second-order valence-electron chi connectivity index (χ2n) is 6.63. The number of amides is 1. The Labute approximate surface area is 167 Å². The molecule has 0 radical (unpaired) electrons. The third-order valence-electron chi connectivity index (χ3n) is 4.15. The van der Waals surface area contributed by atoms with Crippen LogP contribution in [0.25, 0.3) is 0 Å². The molecule has 1 aromatic heterocycles. The number of hydrogen-bond donors (Lipinski definition) is 2. The van der Waals surface area contributed by atoms with Crippen LogP contribution in [0.5, 0.6) is 11.6 Å². The normalized spacial score (nSPS) is 13.9. The van der Waals surface area contributed by atoms with E-state index in [0.29, 0.717) is 19.4 Å². The Hall–Kier alpha value is -2.99. The van der Waals surface area contributed by atoms with Gasteiger partial charge in [-0.2, -0.15) is 5.10 Å². The number of non-ortho nitro benzene ring substituents is 1. The van der Waals surface area contributed by atoms with E-state index in [0.717, 1.165) is 18.6 Å². The number of aromatic nitrogens is 2. The Morgan fingerprint density at radius 3 is 2.72 bits per heavy atom. The lowest BCUT2D eigenvalue weighted by atomic mass is 10.3. The van der Waals surface area contributed by atoms with Crippen molar-refractivity contribution in [2.75, 3.05) is 6.54 Å². The average Bonchev–Trinajstić information content (AvgIpc) is 3.40. The number of carbonyl (C=O) groups is 1. The Morgan fingerprint density at radius 1 is 1.38 bits per heavy atom. The zero-order chi connectivity index (χ0) is 21.2. The molecule has 1 aliphatic carbocycles. The minimum atomic E-state index is -4.03. The van der Waals surface area contributed by atoms with Gasteiger partial charge >= 0.3 is 0 Å². The molecule has 0 aliphatic heterocycles. The van der Waals surface area contributed by atoms with Gasteiger partial charge in [-0.3, -0.25) is 14.9 Å². The summed E-state index contributed by atoms with van der Waals surface area (Å²) in [7, 11) is -2.49. The summed E-state index contributed by atoms with van der Waals surface area (Å²) >= 11 is 0. The summed E-state index contributed by atoms with van der Waals surface area (Å²) in [6.07, 6.45) is 2.19. The number of nitro benzene ring substituents is 1. The van der Waals surface area contributed by atoms with Crippen molar-refractivity contribution >= 4 is 21.6 Å². The van der Waals surface area contributed by atoms with Crippen molar-refractivity contribution in [1.82, 2.24) is 19.8 Å². The molecule has 1 fully saturated rings. The first kappa shape index (κ1) is 20.7. The molecule has 3 rings (SSSR count). The molecule has 1 amide bonds. The van der Waals surface area contributed by atoms with Crippen molar-refractivity contribution in [1.29, 1.82) is 0 Å². The molecule has 0 atom stereocenters. The number of ether oxygens (including phenoxy) is 1. The molecule has 0 bridgehead atoms. The molecular formula is C17H21N5O6S. The summed E-state index contributed by atoms with van der Waals surface area (Å²) < 4.78 is 34.8. The van der Waals surface area contributed by atoms with E-state index in [-0.39, 0.29) is 39.9 Å². The maximum atomic E-state index is 12.7. The van der Waals surface area contributed by atoms with E-state index < -0.39 is 14.9 Å². The van der Waals surface area contributed by atoms with E-state index in [4.69, 9.17) is 4.74 Å². The van der Waals surface area contributed by atoms with Crippen molar-refractivity contribution in [2.45, 2.75) is 37.1 Å². The lowest BCUT2D eigenvalue weighted by molar-refractivity contribution is -0.385. The number of nitrogens with zero attached hydrogens (tertiary/aromatic N) is 3. The molecule has 0 spiro atoms. The quantitative estimate of drug-likeness (QED) is 0.461. The minimum absolute atomic E-state index is 0.104. The molecule has 1 aliphatic rings. The van der Waals surface area contributed by atoms with E-state index in [1.807, 2.05) is 6.92 Å². The lowest BCUT2D eigenvalue weighted by Gasteiger charge is -2.12. The van der Waals surface area contributed by atoms with Crippen molar-refractivity contribution in [3.63, 3.8) is 0 Å². The van der Waals surface area contributed by atoms with Gasteiger partial charge in [-0.1, -0.05) is 6.92 Å². The zero-order valence-electron chi connectivity index (χ0n) is 15.9. The fourth-order valence-corrected chi connectivity index (χ4v) is 3.94. The number of hydrogen-bond acceptors (Lipinski definition) is 7. The Bertz CT molecular complexity index is 1040. The number of benzene rings is 1. The van der Waals surface area contributed by atoms with Crippen LogP contribution in [0.4, 0.5) is 5.69 Å². The van der Waals surface area contributed by atoms with Crippen LogP contribution < -0.4 is 14.8 Å². The lowest BCUT2D eigenvalue weighted by Crippen LogP contribution is -2.26. The van der Waals surface area contributed by atoms with E-state index in [1.165, 1.54) is 23.9 Å². The molecule has 1 saturated carbocycles. The second-order valence-corrected chi connectivity index (χ2v) is 8.32. The van der Waals surface area contributed by atoms with Crippen molar-refractivity contribution in [3.8, 4) is 11.6 Å². The first-order valence-electron chi connectivity index (χ1n) is 9.02. The van der Waals surface area contributed by atoms with Gasteiger partial charge in [0, 0.05) is 37.8 Å². The smallest absolute Gasteiger partial charge is 0.271 e. The fourth-order valence-electron chi connectivity index (χ4n) is 2.49. The SMILES string of the molecule is CCCNC(=O)c1cc(Oc2ccc([N+](=O)[O-])cc2S(=O)(=O)NC2CC2)n(C)n1. The van der Waals surface area contributed by atoms with E-state index in [1.54, 1.807) is 0 Å². The number of carbonyl (C=O) groups excluding carboxylic acids is 1. The third kappa shape index (κ3) is 4.90. The molecule has 1 heterocycles. The standard InChI is InChI=1S/C17H21N5O6S/c1-3-8-18-17(23)13-10-16(21(2)19-13)28-14-7-6-12(22(24)25)9-15(14)29(26,27)20-11-4-5-11/h6-7,9-11,20H,3-5,8H2,1-2H3,(H,18,23). The van der Waals surface area contributed by atoms with Gasteiger partial charge in [0.2, 0.25) is 15.9 Å². The highest BCUT2D eigenvalue weighted by Gasteiger charge is 2.31. The summed E-state index contributed by atoms with van der Waals surface area (Å²) in [5, 5.41) is 17.8. The Balaban J connectivity index is 1.93. The van der Waals surface area contributed by atoms with Gasteiger partial charge in [-0.05, 0) is 25.3 Å². The van der Waals surface area contributed by atoms with Gasteiger partial charge in [0.25, 0.3) is 11.6 Å². The number of nitro groups is 1. The van der Waals surface area contributed by atoms with Crippen LogP contribution in [-0.4, -0.2) is 41.6 Å². The van der Waals surface area contributed by atoms with Crippen molar-refractivity contribution < 1.29 is 22.9 Å². The van der Waals surface area contributed by atoms with Crippen LogP contribution in [-0.2, 0) is 17.1 Å². The van der Waals surface area contributed by atoms with E-state index in [2.05, 4.69) is 15.1 Å². The van der Waals surface area contributed by atoms with Crippen LogP contribution in [0, 0.1) is 10.1 Å². The number of rotatable bonds is 9. The zero-order valence-corrected chi connectivity index (χ0v) is 16.7. The van der Waals surface area contributed by atoms with Gasteiger partial charge < -0.3 is 10.1 Å². The second kappa shape index (κ2) is 8.17. The summed E-state index contributed by atoms with van der Waals surface area (Å²) in [6, 6.07) is 4.50. The molecule has 0 unspecified atom stereocenters. The molecule has 1 aromatic carbocycles. The van der Waals surface area contributed by atoms with Crippen LogP contribution in [0.1, 0.15) is 36.7 Å². The Morgan fingerprint density at radius 2 is 2.10 bits per heavy atom. The largest absolute Gasteiger partial charge is 0.438 e. The summed E-state index contributed by atoms with van der Waals surface area (Å²) in [4.78, 5) is 22.1. The number of aryl methyl sites for hydroxylation is 1. The van der Waals surface area contributed by atoms with Crippen LogP contribution in [0.2, 0.25) is 0 Å². The first-order valence-corrected chi connectivity index (χ1v) is 10.5. The van der Waals surface area contributed by atoms with Gasteiger partial charge in [-0.15, -0.1) is 0 Å².